The van der Waals surface area contributed by atoms with Gasteiger partial charge < -0.3 is 5.32 Å². The normalized spacial score (nSPS) is 21.8. The molecular weight excluding hydrogens is 240 g/mol. The van der Waals surface area contributed by atoms with Crippen molar-refractivity contribution in [3.05, 3.63) is 21.4 Å². The van der Waals surface area contributed by atoms with Gasteiger partial charge in [-0.25, -0.2) is 0 Å². The van der Waals surface area contributed by atoms with Gasteiger partial charge in [-0.3, -0.25) is 4.90 Å². The first kappa shape index (κ1) is 14.0. The molecule has 2 heterocycles. The monoisotopic (exact) mass is 260 g/mol. The van der Waals surface area contributed by atoms with Crippen LogP contribution < -0.4 is 5.32 Å². The van der Waals surface area contributed by atoms with Gasteiger partial charge in [0.15, 0.2) is 0 Å². The number of thiophene rings is 1. The van der Waals surface area contributed by atoms with Crippen LogP contribution in [0, 0.1) is 13.8 Å². The zero-order valence-corrected chi connectivity index (χ0v) is 11.9. The van der Waals surface area contributed by atoms with Crippen molar-refractivity contribution in [3.63, 3.8) is 0 Å². The lowest BCUT2D eigenvalue weighted by atomic mass is 10.1. The van der Waals surface area contributed by atoms with Crippen LogP contribution in [0.15, 0.2) is 6.07 Å². The highest BCUT2D eigenvalue weighted by Crippen LogP contribution is 2.22. The molecule has 16 heavy (non-hydrogen) atoms. The van der Waals surface area contributed by atoms with Crippen LogP contribution >= 0.6 is 23.7 Å². The Hall–Kier alpha value is -0.0900. The number of aryl methyl sites for hydroxylation is 2. The lowest BCUT2D eigenvalue weighted by Gasteiger charge is -2.33. The number of piperazine rings is 1. The summed E-state index contributed by atoms with van der Waals surface area (Å²) in [5, 5.41) is 3.43. The number of nitrogens with zero attached hydrogens (tertiary/aromatic N) is 1. The van der Waals surface area contributed by atoms with E-state index in [4.69, 9.17) is 0 Å². The molecule has 1 aromatic rings. The molecule has 1 atom stereocenters. The molecular formula is C12H21ClN2S. The number of halogens is 1. The molecule has 0 unspecified atom stereocenters. The van der Waals surface area contributed by atoms with E-state index in [-0.39, 0.29) is 12.4 Å². The molecule has 1 fully saturated rings. The van der Waals surface area contributed by atoms with Gasteiger partial charge in [0.25, 0.3) is 0 Å². The largest absolute Gasteiger partial charge is 0.314 e. The van der Waals surface area contributed by atoms with Crippen molar-refractivity contribution in [2.24, 2.45) is 0 Å². The first-order valence-corrected chi connectivity index (χ1v) is 6.49. The maximum Gasteiger partial charge on any atom is 0.0248 e. The molecule has 0 aliphatic carbocycles. The Balaban J connectivity index is 0.00000128. The molecule has 0 spiro atoms. The lowest BCUT2D eigenvalue weighted by Crippen LogP contribution is -2.49. The van der Waals surface area contributed by atoms with E-state index >= 15 is 0 Å². The topological polar surface area (TPSA) is 15.3 Å². The summed E-state index contributed by atoms with van der Waals surface area (Å²) in [5.41, 5.74) is 1.52. The molecule has 1 aromatic heterocycles. The summed E-state index contributed by atoms with van der Waals surface area (Å²) < 4.78 is 0. The quantitative estimate of drug-likeness (QED) is 0.879. The van der Waals surface area contributed by atoms with Gasteiger partial charge >= 0.3 is 0 Å². The van der Waals surface area contributed by atoms with Gasteiger partial charge in [0.05, 0.1) is 0 Å². The molecule has 4 heteroatoms. The third-order valence-corrected chi connectivity index (χ3v) is 4.16. The molecule has 1 aliphatic rings. The third-order valence-electron chi connectivity index (χ3n) is 3.16. The fourth-order valence-corrected chi connectivity index (χ4v) is 3.12. The van der Waals surface area contributed by atoms with Gasteiger partial charge in [0.1, 0.15) is 0 Å². The summed E-state index contributed by atoms with van der Waals surface area (Å²) in [4.78, 5) is 5.49. The Morgan fingerprint density at radius 2 is 2.25 bits per heavy atom. The first-order valence-electron chi connectivity index (χ1n) is 5.67. The molecule has 2 rings (SSSR count). The molecule has 1 N–H and O–H groups in total. The van der Waals surface area contributed by atoms with Crippen LogP contribution in [-0.4, -0.2) is 30.6 Å². The summed E-state index contributed by atoms with van der Waals surface area (Å²) in [6.45, 7) is 11.3. The van der Waals surface area contributed by atoms with Crippen LogP contribution in [-0.2, 0) is 6.54 Å². The molecule has 0 amide bonds. The molecule has 1 saturated heterocycles. The van der Waals surface area contributed by atoms with Crippen molar-refractivity contribution in [2.45, 2.75) is 33.4 Å². The zero-order valence-electron chi connectivity index (χ0n) is 10.2. The van der Waals surface area contributed by atoms with Gasteiger partial charge in [0.2, 0.25) is 0 Å². The van der Waals surface area contributed by atoms with Crippen LogP contribution in [0.25, 0.3) is 0 Å². The fraction of sp³-hybridized carbons (Fsp3) is 0.667. The van der Waals surface area contributed by atoms with Crippen molar-refractivity contribution in [2.75, 3.05) is 19.6 Å². The number of hydrogen-bond acceptors (Lipinski definition) is 3. The predicted molar refractivity (Wildman–Crippen MR) is 73.8 cm³/mol. The van der Waals surface area contributed by atoms with Gasteiger partial charge in [0, 0.05) is 42.0 Å². The zero-order chi connectivity index (χ0) is 10.8. The molecule has 0 bridgehead atoms. The van der Waals surface area contributed by atoms with E-state index in [0.717, 1.165) is 19.6 Å². The molecule has 0 aromatic carbocycles. The Morgan fingerprint density at radius 3 is 2.81 bits per heavy atom. The lowest BCUT2D eigenvalue weighted by molar-refractivity contribution is 0.165. The van der Waals surface area contributed by atoms with Crippen LogP contribution in [0.1, 0.15) is 22.2 Å². The maximum absolute atomic E-state index is 3.43. The van der Waals surface area contributed by atoms with E-state index in [9.17, 15) is 0 Å². The van der Waals surface area contributed by atoms with Gasteiger partial charge in [-0.15, -0.1) is 23.7 Å². The van der Waals surface area contributed by atoms with E-state index in [0.29, 0.717) is 6.04 Å². The molecule has 1 aliphatic heterocycles. The van der Waals surface area contributed by atoms with E-state index in [2.05, 4.69) is 37.1 Å². The van der Waals surface area contributed by atoms with Crippen molar-refractivity contribution < 1.29 is 0 Å². The second-order valence-corrected chi connectivity index (χ2v) is 5.92. The van der Waals surface area contributed by atoms with Gasteiger partial charge in [-0.1, -0.05) is 0 Å². The van der Waals surface area contributed by atoms with E-state index in [1.165, 1.54) is 21.9 Å². The average Bonchev–Trinajstić information content (AvgIpc) is 2.49. The van der Waals surface area contributed by atoms with E-state index < -0.39 is 0 Å². The Kier molecular flexibility index (Phi) is 5.25. The first-order chi connectivity index (χ1) is 7.16. The summed E-state index contributed by atoms with van der Waals surface area (Å²) in [6.07, 6.45) is 0. The summed E-state index contributed by atoms with van der Waals surface area (Å²) in [6, 6.07) is 3.01. The van der Waals surface area contributed by atoms with Crippen LogP contribution in [0.5, 0.6) is 0 Å². The van der Waals surface area contributed by atoms with Crippen LogP contribution in [0.2, 0.25) is 0 Å². The second-order valence-electron chi connectivity index (χ2n) is 4.46. The molecule has 92 valence electrons. The smallest absolute Gasteiger partial charge is 0.0248 e. The number of rotatable bonds is 2. The van der Waals surface area contributed by atoms with Crippen molar-refractivity contribution in [1.29, 1.82) is 0 Å². The summed E-state index contributed by atoms with van der Waals surface area (Å²) >= 11 is 1.92. The SMILES string of the molecule is Cc1cc(CN2CCNC[C@@H]2C)c(C)s1.Cl. The Labute approximate surface area is 108 Å². The Bertz CT molecular complexity index is 338. The van der Waals surface area contributed by atoms with Gasteiger partial charge in [-0.2, -0.15) is 0 Å². The summed E-state index contributed by atoms with van der Waals surface area (Å²) in [5.74, 6) is 0. The van der Waals surface area contributed by atoms with E-state index in [1.807, 2.05) is 11.3 Å². The highest BCUT2D eigenvalue weighted by atomic mass is 35.5. The number of hydrogen-bond donors (Lipinski definition) is 1. The minimum Gasteiger partial charge on any atom is -0.314 e. The fourth-order valence-electron chi connectivity index (χ4n) is 2.18. The molecule has 2 nitrogen and oxygen atoms in total. The standard InChI is InChI=1S/C12H20N2S.ClH/c1-9-7-13-4-5-14(9)8-12-6-10(2)15-11(12)3;/h6,9,13H,4-5,7-8H2,1-3H3;1H/t9-;/m0./s1. The Morgan fingerprint density at radius 1 is 1.50 bits per heavy atom. The molecule has 0 radical (unpaired) electrons. The second kappa shape index (κ2) is 6.01. The van der Waals surface area contributed by atoms with E-state index in [1.54, 1.807) is 0 Å². The summed E-state index contributed by atoms with van der Waals surface area (Å²) in [7, 11) is 0. The third kappa shape index (κ3) is 3.20. The minimum atomic E-state index is 0. The highest BCUT2D eigenvalue weighted by Gasteiger charge is 2.18. The van der Waals surface area contributed by atoms with Crippen molar-refractivity contribution in [1.82, 2.24) is 10.2 Å². The van der Waals surface area contributed by atoms with Crippen molar-refractivity contribution in [3.8, 4) is 0 Å². The highest BCUT2D eigenvalue weighted by molar-refractivity contribution is 7.12. The maximum atomic E-state index is 3.43. The van der Waals surface area contributed by atoms with Gasteiger partial charge in [-0.05, 0) is 32.4 Å². The van der Waals surface area contributed by atoms with Crippen LogP contribution in [0.4, 0.5) is 0 Å². The molecule has 0 saturated carbocycles. The average molecular weight is 261 g/mol. The van der Waals surface area contributed by atoms with Crippen molar-refractivity contribution >= 4 is 23.7 Å². The predicted octanol–water partition coefficient (Wildman–Crippen LogP) is 2.58. The number of nitrogens with one attached hydrogen (secondary N) is 1. The minimum absolute atomic E-state index is 0. The van der Waals surface area contributed by atoms with Crippen LogP contribution in [0.3, 0.4) is 0 Å².